The zero-order valence-electron chi connectivity index (χ0n) is 11.0. The number of alkyl halides is 3. The Kier molecular flexibility index (Phi) is 5.04. The van der Waals surface area contributed by atoms with Crippen molar-refractivity contribution in [3.8, 4) is 5.75 Å². The topological polar surface area (TPSA) is 44.7 Å². The van der Waals surface area contributed by atoms with Crippen LogP contribution in [0.5, 0.6) is 5.75 Å². The molecule has 1 rings (SSSR count). The first kappa shape index (κ1) is 16.8. The summed E-state index contributed by atoms with van der Waals surface area (Å²) >= 11 is -1.63. The third-order valence-electron chi connectivity index (χ3n) is 2.01. The standard InChI is InChI=1S/C12H13F4NO2S/c1-11(2,3)20(18)17-7-8-6-9(4-5-10(8)13)19-12(14,15)16/h4-7H,1-3H3/b17-7+/t20-/m1/s1. The minimum atomic E-state index is -4.86. The van der Waals surface area contributed by atoms with Gasteiger partial charge in [-0.3, -0.25) is 0 Å². The van der Waals surface area contributed by atoms with Crippen LogP contribution >= 0.6 is 0 Å². The van der Waals surface area contributed by atoms with Crippen molar-refractivity contribution in [1.82, 2.24) is 0 Å². The zero-order valence-corrected chi connectivity index (χ0v) is 11.8. The summed E-state index contributed by atoms with van der Waals surface area (Å²) in [6.45, 7) is 5.00. The van der Waals surface area contributed by atoms with Gasteiger partial charge in [-0.1, -0.05) is 4.40 Å². The average molecular weight is 311 g/mol. The molecule has 112 valence electrons. The second-order valence-electron chi connectivity index (χ2n) is 4.83. The number of ether oxygens (including phenoxy) is 1. The molecule has 0 aliphatic heterocycles. The summed E-state index contributed by atoms with van der Waals surface area (Å²) in [7, 11) is 0. The highest BCUT2D eigenvalue weighted by Gasteiger charge is 2.31. The molecule has 0 bridgehead atoms. The minimum absolute atomic E-state index is 0.232. The van der Waals surface area contributed by atoms with Gasteiger partial charge in [0.05, 0.1) is 6.21 Å². The number of halogens is 4. The van der Waals surface area contributed by atoms with Crippen LogP contribution in [0.1, 0.15) is 26.3 Å². The van der Waals surface area contributed by atoms with Gasteiger partial charge in [-0.05, 0) is 39.0 Å². The monoisotopic (exact) mass is 311 g/mol. The Bertz CT molecular complexity index is 497. The first-order valence-corrected chi connectivity index (χ1v) is 6.61. The zero-order chi connectivity index (χ0) is 15.6. The SMILES string of the molecule is CC(C)(C)[S@@+]([O-])/N=C/c1cc(OC(F)(F)F)ccc1F. The molecule has 0 unspecified atom stereocenters. The van der Waals surface area contributed by atoms with E-state index in [0.29, 0.717) is 0 Å². The molecule has 0 aliphatic carbocycles. The molecule has 0 radical (unpaired) electrons. The molecule has 0 N–H and O–H groups in total. The summed E-state index contributed by atoms with van der Waals surface area (Å²) < 4.78 is 67.9. The number of hydrogen-bond donors (Lipinski definition) is 0. The minimum Gasteiger partial charge on any atom is -0.591 e. The lowest BCUT2D eigenvalue weighted by atomic mass is 10.2. The average Bonchev–Trinajstić information content (AvgIpc) is 2.26. The normalized spacial score (nSPS) is 14.6. The molecule has 0 aromatic heterocycles. The summed E-state index contributed by atoms with van der Waals surface area (Å²) in [5, 5.41) is 0. The van der Waals surface area contributed by atoms with E-state index in [2.05, 4.69) is 9.13 Å². The molecule has 0 saturated carbocycles. The van der Waals surface area contributed by atoms with Gasteiger partial charge < -0.3 is 9.29 Å². The summed E-state index contributed by atoms with van der Waals surface area (Å²) in [6.07, 6.45) is -3.93. The van der Waals surface area contributed by atoms with E-state index in [4.69, 9.17) is 0 Å². The Hall–Kier alpha value is -1.28. The van der Waals surface area contributed by atoms with Crippen LogP contribution in [0.2, 0.25) is 0 Å². The molecule has 0 heterocycles. The second kappa shape index (κ2) is 6.01. The maximum Gasteiger partial charge on any atom is 0.573 e. The van der Waals surface area contributed by atoms with Crippen molar-refractivity contribution in [3.63, 3.8) is 0 Å². The van der Waals surface area contributed by atoms with Crippen LogP contribution in [0.15, 0.2) is 22.6 Å². The highest BCUT2D eigenvalue weighted by Crippen LogP contribution is 2.24. The molecule has 20 heavy (non-hydrogen) atoms. The van der Waals surface area contributed by atoms with Crippen molar-refractivity contribution in [2.24, 2.45) is 4.40 Å². The molecule has 1 aromatic carbocycles. The summed E-state index contributed by atoms with van der Waals surface area (Å²) in [4.78, 5) is 0. The number of rotatable bonds is 3. The lowest BCUT2D eigenvalue weighted by Crippen LogP contribution is -2.25. The third-order valence-corrected chi connectivity index (χ3v) is 3.36. The largest absolute Gasteiger partial charge is 0.591 e. The van der Waals surface area contributed by atoms with Gasteiger partial charge in [-0.2, -0.15) is 0 Å². The summed E-state index contributed by atoms with van der Waals surface area (Å²) in [5.41, 5.74) is -0.232. The van der Waals surface area contributed by atoms with E-state index in [9.17, 15) is 22.1 Å². The Morgan fingerprint density at radius 3 is 2.35 bits per heavy atom. The highest BCUT2D eigenvalue weighted by molar-refractivity contribution is 7.91. The fourth-order valence-corrected chi connectivity index (χ4v) is 1.61. The van der Waals surface area contributed by atoms with E-state index < -0.39 is 34.0 Å². The van der Waals surface area contributed by atoms with Crippen LogP contribution in [0, 0.1) is 5.82 Å². The molecule has 1 aromatic rings. The van der Waals surface area contributed by atoms with Gasteiger partial charge >= 0.3 is 6.36 Å². The summed E-state index contributed by atoms with van der Waals surface area (Å²) in [5.74, 6) is -1.35. The van der Waals surface area contributed by atoms with Gasteiger partial charge in [0.25, 0.3) is 0 Å². The Labute approximate surface area is 117 Å². The van der Waals surface area contributed by atoms with Crippen LogP contribution in [-0.2, 0) is 11.4 Å². The molecule has 0 amide bonds. The Morgan fingerprint density at radius 1 is 1.25 bits per heavy atom. The highest BCUT2D eigenvalue weighted by atomic mass is 32.2. The summed E-state index contributed by atoms with van der Waals surface area (Å²) in [6, 6.07) is 2.51. The van der Waals surface area contributed by atoms with Gasteiger partial charge in [-0.15, -0.1) is 13.2 Å². The number of nitrogens with zero attached hydrogens (tertiary/aromatic N) is 1. The van der Waals surface area contributed by atoms with Crippen molar-refractivity contribution in [3.05, 3.63) is 29.6 Å². The second-order valence-corrected chi connectivity index (χ2v) is 6.76. The molecule has 0 spiro atoms. The number of benzene rings is 1. The van der Waals surface area contributed by atoms with Gasteiger partial charge in [0.15, 0.2) is 0 Å². The van der Waals surface area contributed by atoms with E-state index >= 15 is 0 Å². The maximum atomic E-state index is 13.4. The molecule has 0 fully saturated rings. The smallest absolute Gasteiger partial charge is 0.573 e. The van der Waals surface area contributed by atoms with E-state index in [1.165, 1.54) is 0 Å². The quantitative estimate of drug-likeness (QED) is 0.486. The third kappa shape index (κ3) is 5.38. The first-order chi connectivity index (χ1) is 8.99. The van der Waals surface area contributed by atoms with Crippen molar-refractivity contribution in [2.45, 2.75) is 31.9 Å². The first-order valence-electron chi connectivity index (χ1n) is 5.50. The van der Waals surface area contributed by atoms with Gasteiger partial charge in [0.2, 0.25) is 0 Å². The lowest BCUT2D eigenvalue weighted by Gasteiger charge is -2.17. The van der Waals surface area contributed by atoms with Crippen molar-refractivity contribution in [1.29, 1.82) is 0 Å². The van der Waals surface area contributed by atoms with E-state index in [1.54, 1.807) is 20.8 Å². The molecule has 8 heteroatoms. The Morgan fingerprint density at radius 2 is 1.85 bits per heavy atom. The van der Waals surface area contributed by atoms with Gasteiger partial charge in [-0.25, -0.2) is 4.39 Å². The fraction of sp³-hybridized carbons (Fsp3) is 0.417. The molecule has 3 nitrogen and oxygen atoms in total. The van der Waals surface area contributed by atoms with Crippen LogP contribution < -0.4 is 4.74 Å². The van der Waals surface area contributed by atoms with Gasteiger partial charge in [0, 0.05) is 5.56 Å². The molecular formula is C12H13F4NO2S. The predicted molar refractivity (Wildman–Crippen MR) is 68.6 cm³/mol. The maximum absolute atomic E-state index is 13.4. The Balaban J connectivity index is 2.95. The van der Waals surface area contributed by atoms with Crippen molar-refractivity contribution >= 4 is 17.6 Å². The molecule has 0 aliphatic rings. The van der Waals surface area contributed by atoms with Crippen LogP contribution in [0.3, 0.4) is 0 Å². The molecule has 1 atom stereocenters. The van der Waals surface area contributed by atoms with E-state index in [-0.39, 0.29) is 5.56 Å². The van der Waals surface area contributed by atoms with E-state index in [0.717, 1.165) is 24.4 Å². The van der Waals surface area contributed by atoms with Crippen molar-refractivity contribution in [2.75, 3.05) is 0 Å². The van der Waals surface area contributed by atoms with Crippen LogP contribution in [0.25, 0.3) is 0 Å². The van der Waals surface area contributed by atoms with Crippen molar-refractivity contribution < 1.29 is 26.9 Å². The van der Waals surface area contributed by atoms with Crippen LogP contribution in [0.4, 0.5) is 17.6 Å². The lowest BCUT2D eigenvalue weighted by molar-refractivity contribution is -0.274. The van der Waals surface area contributed by atoms with E-state index in [1.807, 2.05) is 0 Å². The van der Waals surface area contributed by atoms with Gasteiger partial charge in [0.1, 0.15) is 27.7 Å². The fourth-order valence-electron chi connectivity index (χ4n) is 1.08. The molecular weight excluding hydrogens is 298 g/mol. The van der Waals surface area contributed by atoms with Crippen LogP contribution in [-0.4, -0.2) is 21.9 Å². The molecule has 0 saturated heterocycles. The predicted octanol–water partition coefficient (Wildman–Crippen LogP) is 3.61. The number of hydrogen-bond acceptors (Lipinski definition) is 3.